The molecule has 2 aromatic rings. The van der Waals surface area contributed by atoms with E-state index in [0.717, 1.165) is 23.6 Å². The van der Waals surface area contributed by atoms with Crippen LogP contribution >= 0.6 is 11.3 Å². The van der Waals surface area contributed by atoms with E-state index in [4.69, 9.17) is 4.42 Å². The molecule has 0 radical (unpaired) electrons. The van der Waals surface area contributed by atoms with Crippen LogP contribution in [0.5, 0.6) is 0 Å². The topological polar surface area (TPSA) is 71.3 Å². The van der Waals surface area contributed by atoms with E-state index in [1.165, 1.54) is 24.2 Å². The van der Waals surface area contributed by atoms with Gasteiger partial charge in [-0.3, -0.25) is 5.32 Å². The molecule has 2 aromatic heterocycles. The lowest BCUT2D eigenvalue weighted by atomic mass is 10.4. The molecule has 0 bridgehead atoms. The average molecular weight is 304 g/mol. The number of nitrogens with one attached hydrogen (secondary N) is 1. The van der Waals surface area contributed by atoms with Crippen LogP contribution in [0.1, 0.15) is 42.4 Å². The van der Waals surface area contributed by atoms with Crippen LogP contribution in [0.25, 0.3) is 0 Å². The zero-order valence-electron chi connectivity index (χ0n) is 11.5. The summed E-state index contributed by atoms with van der Waals surface area (Å²) in [4.78, 5) is 14.2. The molecule has 7 heteroatoms. The Labute approximate surface area is 126 Å². The number of hydrogen-bond donors (Lipinski definition) is 1. The van der Waals surface area contributed by atoms with E-state index < -0.39 is 0 Å². The van der Waals surface area contributed by atoms with Gasteiger partial charge in [-0.25, -0.2) is 4.79 Å². The lowest BCUT2D eigenvalue weighted by molar-refractivity contribution is 0.201. The zero-order valence-corrected chi connectivity index (χ0v) is 12.3. The quantitative estimate of drug-likeness (QED) is 0.920. The molecular formula is C14H16N4O2S. The number of urea groups is 1. The van der Waals surface area contributed by atoms with Crippen LogP contribution in [0.2, 0.25) is 0 Å². The van der Waals surface area contributed by atoms with Gasteiger partial charge in [0.1, 0.15) is 10.8 Å². The van der Waals surface area contributed by atoms with Crippen LogP contribution in [0.4, 0.5) is 9.93 Å². The van der Waals surface area contributed by atoms with Crippen LogP contribution in [-0.4, -0.2) is 27.2 Å². The van der Waals surface area contributed by atoms with Crippen molar-refractivity contribution in [2.45, 2.75) is 44.2 Å². The minimum atomic E-state index is -0.118. The maximum atomic E-state index is 12.4. The molecule has 2 aliphatic rings. The van der Waals surface area contributed by atoms with Gasteiger partial charge in [-0.2, -0.15) is 0 Å². The Kier molecular flexibility index (Phi) is 3.14. The third-order valence-electron chi connectivity index (χ3n) is 3.74. The second kappa shape index (κ2) is 5.14. The van der Waals surface area contributed by atoms with Crippen LogP contribution in [-0.2, 0) is 6.54 Å². The highest BCUT2D eigenvalue weighted by Crippen LogP contribution is 2.42. The Bertz CT molecular complexity index is 631. The van der Waals surface area contributed by atoms with E-state index in [-0.39, 0.29) is 6.03 Å². The van der Waals surface area contributed by atoms with Crippen LogP contribution in [0.3, 0.4) is 0 Å². The summed E-state index contributed by atoms with van der Waals surface area (Å²) in [5.74, 6) is 1.36. The number of rotatable bonds is 5. The summed E-state index contributed by atoms with van der Waals surface area (Å²) in [5, 5.41) is 12.7. The highest BCUT2D eigenvalue weighted by molar-refractivity contribution is 7.15. The van der Waals surface area contributed by atoms with Crippen LogP contribution in [0, 0.1) is 0 Å². The van der Waals surface area contributed by atoms with Gasteiger partial charge < -0.3 is 9.32 Å². The molecule has 2 saturated carbocycles. The number of carbonyl (C=O) groups excluding carboxylic acids is 1. The molecule has 0 saturated heterocycles. The maximum absolute atomic E-state index is 12.4. The van der Waals surface area contributed by atoms with Crippen molar-refractivity contribution in [1.82, 2.24) is 15.1 Å². The summed E-state index contributed by atoms with van der Waals surface area (Å²) >= 11 is 1.49. The summed E-state index contributed by atoms with van der Waals surface area (Å²) in [6, 6.07) is 3.92. The second-order valence-electron chi connectivity index (χ2n) is 5.59. The first-order valence-electron chi connectivity index (χ1n) is 7.23. The molecule has 0 unspecified atom stereocenters. The Morgan fingerprint density at radius 3 is 2.90 bits per heavy atom. The fraction of sp³-hybridized carbons (Fsp3) is 0.500. The number of hydrogen-bond acceptors (Lipinski definition) is 5. The molecule has 2 amide bonds. The second-order valence-corrected chi connectivity index (χ2v) is 6.60. The Morgan fingerprint density at radius 2 is 2.24 bits per heavy atom. The Balaban J connectivity index is 1.43. The van der Waals surface area contributed by atoms with E-state index in [0.29, 0.717) is 23.6 Å². The van der Waals surface area contributed by atoms with E-state index >= 15 is 0 Å². The Hall–Kier alpha value is -1.89. The first kappa shape index (κ1) is 12.8. The van der Waals surface area contributed by atoms with Crippen molar-refractivity contribution in [2.75, 3.05) is 5.32 Å². The van der Waals surface area contributed by atoms with Gasteiger partial charge in [0, 0.05) is 12.0 Å². The molecule has 0 aromatic carbocycles. The molecular weight excluding hydrogens is 288 g/mol. The van der Waals surface area contributed by atoms with Gasteiger partial charge in [-0.1, -0.05) is 11.3 Å². The predicted octanol–water partition coefficient (Wildman–Crippen LogP) is 3.21. The van der Waals surface area contributed by atoms with Gasteiger partial charge in [0.25, 0.3) is 0 Å². The summed E-state index contributed by atoms with van der Waals surface area (Å²) in [7, 11) is 0. The first-order chi connectivity index (χ1) is 10.3. The zero-order chi connectivity index (χ0) is 14.2. The molecule has 0 aliphatic heterocycles. The molecule has 2 aliphatic carbocycles. The van der Waals surface area contributed by atoms with Gasteiger partial charge in [-0.15, -0.1) is 10.2 Å². The minimum Gasteiger partial charge on any atom is -0.467 e. The lowest BCUT2D eigenvalue weighted by Gasteiger charge is -2.20. The molecule has 1 N–H and O–H groups in total. The summed E-state index contributed by atoms with van der Waals surface area (Å²) < 4.78 is 5.34. The van der Waals surface area contributed by atoms with E-state index in [1.807, 2.05) is 17.0 Å². The van der Waals surface area contributed by atoms with Crippen molar-refractivity contribution in [3.8, 4) is 0 Å². The van der Waals surface area contributed by atoms with Crippen molar-refractivity contribution < 1.29 is 9.21 Å². The number of amides is 2. The molecule has 6 nitrogen and oxygen atoms in total. The molecule has 21 heavy (non-hydrogen) atoms. The van der Waals surface area contributed by atoms with Crippen molar-refractivity contribution >= 4 is 22.5 Å². The lowest BCUT2D eigenvalue weighted by Crippen LogP contribution is -2.36. The summed E-state index contributed by atoms with van der Waals surface area (Å²) in [6.45, 7) is 0.498. The van der Waals surface area contributed by atoms with Gasteiger partial charge >= 0.3 is 6.03 Å². The van der Waals surface area contributed by atoms with Gasteiger partial charge in [0.15, 0.2) is 0 Å². The molecule has 110 valence electrons. The van der Waals surface area contributed by atoms with Crippen molar-refractivity contribution in [3.05, 3.63) is 29.2 Å². The number of anilines is 1. The normalized spacial score (nSPS) is 17.7. The van der Waals surface area contributed by atoms with E-state index in [2.05, 4.69) is 15.5 Å². The smallest absolute Gasteiger partial charge is 0.324 e. The molecule has 4 rings (SSSR count). The van der Waals surface area contributed by atoms with Crippen molar-refractivity contribution in [2.24, 2.45) is 0 Å². The third kappa shape index (κ3) is 2.92. The standard InChI is InChI=1S/C14H16N4O2S/c19-14(15-13-17-16-12(21-13)9-3-4-9)18(10-5-6-10)8-11-2-1-7-20-11/h1-2,7,9-10H,3-6,8H2,(H,15,17,19). The van der Waals surface area contributed by atoms with E-state index in [1.54, 1.807) is 6.26 Å². The summed E-state index contributed by atoms with van der Waals surface area (Å²) in [5.41, 5.74) is 0. The minimum absolute atomic E-state index is 0.118. The number of furan rings is 1. The average Bonchev–Trinajstić information content (AvgIpc) is 3.40. The van der Waals surface area contributed by atoms with E-state index in [9.17, 15) is 4.79 Å². The predicted molar refractivity (Wildman–Crippen MR) is 78.2 cm³/mol. The first-order valence-corrected chi connectivity index (χ1v) is 8.04. The summed E-state index contributed by atoms with van der Waals surface area (Å²) in [6.07, 6.45) is 6.12. The van der Waals surface area contributed by atoms with Crippen LogP contribution < -0.4 is 5.32 Å². The van der Waals surface area contributed by atoms with Gasteiger partial charge in [0.2, 0.25) is 5.13 Å². The SMILES string of the molecule is O=C(Nc1nnc(C2CC2)s1)N(Cc1ccco1)C1CC1. The maximum Gasteiger partial charge on any atom is 0.324 e. The highest BCUT2D eigenvalue weighted by Gasteiger charge is 2.34. The van der Waals surface area contributed by atoms with Crippen LogP contribution in [0.15, 0.2) is 22.8 Å². The van der Waals surface area contributed by atoms with Gasteiger partial charge in [0.05, 0.1) is 12.8 Å². The third-order valence-corrected chi connectivity index (χ3v) is 4.74. The molecule has 0 spiro atoms. The fourth-order valence-electron chi connectivity index (χ4n) is 2.27. The largest absolute Gasteiger partial charge is 0.467 e. The fourth-order valence-corrected chi connectivity index (χ4v) is 3.17. The number of carbonyl (C=O) groups is 1. The molecule has 2 fully saturated rings. The van der Waals surface area contributed by atoms with Crippen molar-refractivity contribution in [1.29, 1.82) is 0 Å². The monoisotopic (exact) mass is 304 g/mol. The number of nitrogens with zero attached hydrogens (tertiary/aromatic N) is 3. The Morgan fingerprint density at radius 1 is 1.38 bits per heavy atom. The van der Waals surface area contributed by atoms with Gasteiger partial charge in [-0.05, 0) is 37.8 Å². The highest BCUT2D eigenvalue weighted by atomic mass is 32.1. The molecule has 2 heterocycles. The van der Waals surface area contributed by atoms with Crippen molar-refractivity contribution in [3.63, 3.8) is 0 Å². The molecule has 0 atom stereocenters. The number of aromatic nitrogens is 2.